The predicted molar refractivity (Wildman–Crippen MR) is 71.7 cm³/mol. The van der Waals surface area contributed by atoms with Gasteiger partial charge in [-0.15, -0.1) is 0 Å². The summed E-state index contributed by atoms with van der Waals surface area (Å²) in [6, 6.07) is 5.62. The quantitative estimate of drug-likeness (QED) is 0.802. The van der Waals surface area contributed by atoms with E-state index in [0.717, 1.165) is 17.3 Å². The highest BCUT2D eigenvalue weighted by atomic mass is 35.5. The number of nitrogens with one attached hydrogen (secondary N) is 1. The number of rotatable bonds is 3. The molecule has 1 N–H and O–H groups in total. The Labute approximate surface area is 106 Å². The van der Waals surface area contributed by atoms with E-state index in [1.54, 1.807) is 6.20 Å². The van der Waals surface area contributed by atoms with Crippen molar-refractivity contribution in [2.45, 2.75) is 27.2 Å². The third-order valence-electron chi connectivity index (χ3n) is 3.40. The van der Waals surface area contributed by atoms with Gasteiger partial charge in [0.1, 0.15) is 0 Å². The van der Waals surface area contributed by atoms with E-state index in [0.29, 0.717) is 10.6 Å². The Balaban J connectivity index is 2.61. The molecule has 0 spiro atoms. The Bertz CT molecular complexity index is 569. The van der Waals surface area contributed by atoms with Crippen LogP contribution in [0.25, 0.3) is 10.9 Å². The first-order valence-corrected chi connectivity index (χ1v) is 6.15. The van der Waals surface area contributed by atoms with Crippen molar-refractivity contribution in [3.8, 4) is 0 Å². The third kappa shape index (κ3) is 1.98. The van der Waals surface area contributed by atoms with Crippen molar-refractivity contribution in [2.24, 2.45) is 5.41 Å². The molecule has 0 aliphatic rings. The summed E-state index contributed by atoms with van der Waals surface area (Å²) >= 11 is 6.17. The summed E-state index contributed by atoms with van der Waals surface area (Å²) in [5, 5.41) is 1.46. The number of benzene rings is 1. The Morgan fingerprint density at radius 1 is 1.41 bits per heavy atom. The van der Waals surface area contributed by atoms with Crippen LogP contribution in [0.15, 0.2) is 24.4 Å². The normalized spacial score (nSPS) is 12.0. The molecule has 17 heavy (non-hydrogen) atoms. The summed E-state index contributed by atoms with van der Waals surface area (Å²) in [6.45, 7) is 5.95. The first-order valence-electron chi connectivity index (χ1n) is 5.78. The lowest BCUT2D eigenvalue weighted by atomic mass is 9.82. The van der Waals surface area contributed by atoms with Crippen molar-refractivity contribution in [2.75, 3.05) is 0 Å². The molecule has 0 radical (unpaired) electrons. The zero-order chi connectivity index (χ0) is 12.6. The van der Waals surface area contributed by atoms with E-state index in [2.05, 4.69) is 4.98 Å². The van der Waals surface area contributed by atoms with Crippen molar-refractivity contribution in [3.05, 3.63) is 35.0 Å². The fourth-order valence-electron chi connectivity index (χ4n) is 1.84. The molecule has 1 heterocycles. The minimum Gasteiger partial charge on any atom is -0.360 e. The van der Waals surface area contributed by atoms with Gasteiger partial charge in [0.25, 0.3) is 0 Å². The molecule has 3 heteroatoms. The molecule has 2 aromatic rings. The van der Waals surface area contributed by atoms with Gasteiger partial charge in [-0.05, 0) is 18.6 Å². The highest BCUT2D eigenvalue weighted by molar-refractivity contribution is 6.37. The van der Waals surface area contributed by atoms with Crippen LogP contribution in [0.4, 0.5) is 0 Å². The third-order valence-corrected chi connectivity index (χ3v) is 3.71. The van der Waals surface area contributed by atoms with Crippen LogP contribution in [0.2, 0.25) is 5.02 Å². The van der Waals surface area contributed by atoms with Crippen molar-refractivity contribution < 1.29 is 4.79 Å². The minimum absolute atomic E-state index is 0.138. The molecule has 0 saturated heterocycles. The number of carbonyl (C=O) groups excluding carboxylic acids is 1. The topological polar surface area (TPSA) is 32.9 Å². The summed E-state index contributed by atoms with van der Waals surface area (Å²) in [7, 11) is 0. The molecule has 2 rings (SSSR count). The van der Waals surface area contributed by atoms with Gasteiger partial charge in [0.15, 0.2) is 5.78 Å². The number of Topliss-reactive ketones (excluding diaryl/α,β-unsaturated/α-hetero) is 1. The fraction of sp³-hybridized carbons (Fsp3) is 0.357. The van der Waals surface area contributed by atoms with Crippen LogP contribution in [-0.4, -0.2) is 10.8 Å². The van der Waals surface area contributed by atoms with Crippen molar-refractivity contribution >= 4 is 28.3 Å². The SMILES string of the molecule is CCC(C)(C)C(=O)c1c[nH]c2cccc(Cl)c12. The van der Waals surface area contributed by atoms with Crippen molar-refractivity contribution in [3.63, 3.8) is 0 Å². The number of hydrogen-bond donors (Lipinski definition) is 1. The molecule has 0 saturated carbocycles. The fourth-order valence-corrected chi connectivity index (χ4v) is 2.12. The highest BCUT2D eigenvalue weighted by Gasteiger charge is 2.28. The van der Waals surface area contributed by atoms with Gasteiger partial charge in [-0.3, -0.25) is 4.79 Å². The maximum atomic E-state index is 12.4. The zero-order valence-corrected chi connectivity index (χ0v) is 11.1. The second-order valence-electron chi connectivity index (χ2n) is 4.93. The summed E-state index contributed by atoms with van der Waals surface area (Å²) in [4.78, 5) is 15.5. The number of H-pyrrole nitrogens is 1. The van der Waals surface area contributed by atoms with E-state index in [1.807, 2.05) is 39.0 Å². The zero-order valence-electron chi connectivity index (χ0n) is 10.3. The lowest BCUT2D eigenvalue weighted by Crippen LogP contribution is -2.23. The van der Waals surface area contributed by atoms with Crippen LogP contribution in [0.3, 0.4) is 0 Å². The van der Waals surface area contributed by atoms with E-state index in [-0.39, 0.29) is 11.2 Å². The molecule has 0 amide bonds. The molecule has 0 atom stereocenters. The number of fused-ring (bicyclic) bond motifs is 1. The summed E-state index contributed by atoms with van der Waals surface area (Å²) in [5.74, 6) is 0.138. The monoisotopic (exact) mass is 249 g/mol. The Hall–Kier alpha value is -1.28. The largest absolute Gasteiger partial charge is 0.360 e. The number of halogens is 1. The van der Waals surface area contributed by atoms with Gasteiger partial charge in [-0.25, -0.2) is 0 Å². The van der Waals surface area contributed by atoms with E-state index >= 15 is 0 Å². The second-order valence-corrected chi connectivity index (χ2v) is 5.34. The van der Waals surface area contributed by atoms with Crippen LogP contribution in [0.1, 0.15) is 37.6 Å². The molecule has 0 unspecified atom stereocenters. The van der Waals surface area contributed by atoms with Gasteiger partial charge in [-0.2, -0.15) is 0 Å². The van der Waals surface area contributed by atoms with Crippen LogP contribution in [0, 0.1) is 5.41 Å². The first-order chi connectivity index (χ1) is 7.97. The lowest BCUT2D eigenvalue weighted by molar-refractivity contribution is 0.0835. The van der Waals surface area contributed by atoms with Gasteiger partial charge in [-0.1, -0.05) is 38.4 Å². The van der Waals surface area contributed by atoms with Gasteiger partial charge in [0, 0.05) is 28.1 Å². The smallest absolute Gasteiger partial charge is 0.170 e. The minimum atomic E-state index is -0.353. The summed E-state index contributed by atoms with van der Waals surface area (Å²) < 4.78 is 0. The molecule has 1 aromatic heterocycles. The number of aromatic amines is 1. The van der Waals surface area contributed by atoms with Gasteiger partial charge in [0.2, 0.25) is 0 Å². The van der Waals surface area contributed by atoms with Crippen molar-refractivity contribution in [1.29, 1.82) is 0 Å². The average molecular weight is 250 g/mol. The summed E-state index contributed by atoms with van der Waals surface area (Å²) in [6.07, 6.45) is 2.57. The molecule has 0 bridgehead atoms. The number of ketones is 1. The van der Waals surface area contributed by atoms with Gasteiger partial charge in [0.05, 0.1) is 5.02 Å². The Kier molecular flexibility index (Phi) is 3.00. The average Bonchev–Trinajstić information content (AvgIpc) is 2.73. The molecule has 0 fully saturated rings. The van der Waals surface area contributed by atoms with Crippen LogP contribution in [-0.2, 0) is 0 Å². The first kappa shape index (κ1) is 12.2. The van der Waals surface area contributed by atoms with Crippen molar-refractivity contribution in [1.82, 2.24) is 4.98 Å². The Morgan fingerprint density at radius 2 is 2.12 bits per heavy atom. The molecular formula is C14H16ClNO. The Morgan fingerprint density at radius 3 is 2.76 bits per heavy atom. The van der Waals surface area contributed by atoms with E-state index < -0.39 is 0 Å². The molecular weight excluding hydrogens is 234 g/mol. The summed E-state index contributed by atoms with van der Waals surface area (Å²) in [5.41, 5.74) is 1.25. The maximum Gasteiger partial charge on any atom is 0.170 e. The molecule has 0 aliphatic heterocycles. The van der Waals surface area contributed by atoms with E-state index in [4.69, 9.17) is 11.6 Å². The molecule has 1 aromatic carbocycles. The van der Waals surface area contributed by atoms with Gasteiger partial charge >= 0.3 is 0 Å². The maximum absolute atomic E-state index is 12.4. The molecule has 2 nitrogen and oxygen atoms in total. The van der Waals surface area contributed by atoms with E-state index in [9.17, 15) is 4.79 Å². The number of hydrogen-bond acceptors (Lipinski definition) is 1. The number of aromatic nitrogens is 1. The molecule has 90 valence electrons. The lowest BCUT2D eigenvalue weighted by Gasteiger charge is -2.20. The highest BCUT2D eigenvalue weighted by Crippen LogP contribution is 2.32. The standard InChI is InChI=1S/C14H16ClNO/c1-4-14(2,3)13(17)9-8-16-11-7-5-6-10(15)12(9)11/h5-8,16H,4H2,1-3H3. The predicted octanol–water partition coefficient (Wildman–Crippen LogP) is 4.44. The van der Waals surface area contributed by atoms with Crippen LogP contribution in [0.5, 0.6) is 0 Å². The number of carbonyl (C=O) groups is 1. The van der Waals surface area contributed by atoms with Gasteiger partial charge < -0.3 is 4.98 Å². The van der Waals surface area contributed by atoms with E-state index in [1.165, 1.54) is 0 Å². The van der Waals surface area contributed by atoms with Crippen LogP contribution < -0.4 is 0 Å². The van der Waals surface area contributed by atoms with Crippen LogP contribution >= 0.6 is 11.6 Å². The second kappa shape index (κ2) is 4.19. The molecule has 0 aliphatic carbocycles.